The van der Waals surface area contributed by atoms with Crippen LogP contribution in [0.1, 0.15) is 5.56 Å². The summed E-state index contributed by atoms with van der Waals surface area (Å²) in [7, 11) is -3.82. The SMILES string of the molecule is Cc1ccc(S(=O)(=O)Nc2ccc(OCC(F)(F)F)c(Cl)c2)cc1. The van der Waals surface area contributed by atoms with Crippen molar-refractivity contribution in [2.45, 2.75) is 18.0 Å². The van der Waals surface area contributed by atoms with Crippen LogP contribution in [0.5, 0.6) is 5.75 Å². The molecule has 2 aromatic rings. The van der Waals surface area contributed by atoms with Crippen LogP contribution in [0.2, 0.25) is 5.02 Å². The standard InChI is InChI=1S/C15H13ClF3NO3S/c1-10-2-5-12(6-3-10)24(21,22)20-11-4-7-14(13(16)8-11)23-9-15(17,18)19/h2-8,20H,9H2,1H3. The number of alkyl halides is 3. The molecule has 1 N–H and O–H groups in total. The minimum absolute atomic E-state index is 0.0571. The maximum Gasteiger partial charge on any atom is 0.422 e. The summed E-state index contributed by atoms with van der Waals surface area (Å²) in [5, 5.41) is -0.136. The van der Waals surface area contributed by atoms with Gasteiger partial charge in [0.05, 0.1) is 15.6 Å². The van der Waals surface area contributed by atoms with Gasteiger partial charge in [-0.25, -0.2) is 8.42 Å². The molecule has 0 amide bonds. The Kier molecular flexibility index (Phi) is 5.29. The molecule has 9 heteroatoms. The van der Waals surface area contributed by atoms with Gasteiger partial charge in [-0.3, -0.25) is 4.72 Å². The smallest absolute Gasteiger partial charge is 0.422 e. The first-order chi connectivity index (χ1) is 11.1. The minimum Gasteiger partial charge on any atom is -0.483 e. The second-order valence-electron chi connectivity index (χ2n) is 4.97. The highest BCUT2D eigenvalue weighted by Crippen LogP contribution is 2.30. The van der Waals surface area contributed by atoms with E-state index in [4.69, 9.17) is 11.6 Å². The zero-order chi connectivity index (χ0) is 18.0. The number of aryl methyl sites for hydroxylation is 1. The molecule has 0 aromatic heterocycles. The van der Waals surface area contributed by atoms with Crippen LogP contribution in [0.3, 0.4) is 0 Å². The fourth-order valence-corrected chi connectivity index (χ4v) is 3.06. The zero-order valence-corrected chi connectivity index (χ0v) is 14.0. The summed E-state index contributed by atoms with van der Waals surface area (Å²) >= 11 is 5.83. The average molecular weight is 380 g/mol. The van der Waals surface area contributed by atoms with Gasteiger partial charge in [0.1, 0.15) is 5.75 Å². The number of sulfonamides is 1. The Balaban J connectivity index is 2.15. The van der Waals surface area contributed by atoms with Gasteiger partial charge in [-0.2, -0.15) is 13.2 Å². The molecule has 0 radical (unpaired) electrons. The van der Waals surface area contributed by atoms with E-state index in [0.29, 0.717) is 0 Å². The molecule has 0 unspecified atom stereocenters. The van der Waals surface area contributed by atoms with Crippen LogP contribution < -0.4 is 9.46 Å². The molecular weight excluding hydrogens is 367 g/mol. The lowest BCUT2D eigenvalue weighted by molar-refractivity contribution is -0.153. The number of benzene rings is 2. The normalized spacial score (nSPS) is 12.0. The van der Waals surface area contributed by atoms with Crippen LogP contribution in [-0.4, -0.2) is 21.2 Å². The van der Waals surface area contributed by atoms with Crippen LogP contribution >= 0.6 is 11.6 Å². The van der Waals surface area contributed by atoms with Crippen molar-refractivity contribution in [1.29, 1.82) is 0 Å². The van der Waals surface area contributed by atoms with Crippen LogP contribution in [-0.2, 0) is 10.0 Å². The molecule has 0 bridgehead atoms. The van der Waals surface area contributed by atoms with Gasteiger partial charge < -0.3 is 4.74 Å². The second-order valence-corrected chi connectivity index (χ2v) is 7.06. The predicted molar refractivity (Wildman–Crippen MR) is 85.0 cm³/mol. The molecule has 2 aromatic carbocycles. The summed E-state index contributed by atoms with van der Waals surface area (Å²) in [5.41, 5.74) is 1.02. The zero-order valence-electron chi connectivity index (χ0n) is 12.4. The van der Waals surface area contributed by atoms with Crippen LogP contribution in [0.4, 0.5) is 18.9 Å². The highest BCUT2D eigenvalue weighted by molar-refractivity contribution is 7.92. The number of hydrogen-bond donors (Lipinski definition) is 1. The molecule has 2 rings (SSSR count). The Hall–Kier alpha value is -1.93. The van der Waals surface area contributed by atoms with E-state index in [1.54, 1.807) is 12.1 Å². The van der Waals surface area contributed by atoms with E-state index in [-0.39, 0.29) is 21.4 Å². The Morgan fingerprint density at radius 2 is 1.75 bits per heavy atom. The lowest BCUT2D eigenvalue weighted by atomic mass is 10.2. The van der Waals surface area contributed by atoms with Crippen molar-refractivity contribution >= 4 is 27.3 Å². The first-order valence-electron chi connectivity index (χ1n) is 6.65. The molecule has 24 heavy (non-hydrogen) atoms. The van der Waals surface area contributed by atoms with Gasteiger partial charge >= 0.3 is 6.18 Å². The van der Waals surface area contributed by atoms with Crippen LogP contribution in [0, 0.1) is 6.92 Å². The van der Waals surface area contributed by atoms with Crippen molar-refractivity contribution in [2.75, 3.05) is 11.3 Å². The average Bonchev–Trinajstić information content (AvgIpc) is 2.45. The fraction of sp³-hybridized carbons (Fsp3) is 0.200. The van der Waals surface area contributed by atoms with Gasteiger partial charge in [0, 0.05) is 0 Å². The molecule has 0 fully saturated rings. The lowest BCUT2D eigenvalue weighted by Gasteiger charge is -2.12. The summed E-state index contributed by atoms with van der Waals surface area (Å²) < 4.78 is 67.7. The monoisotopic (exact) mass is 379 g/mol. The molecule has 0 heterocycles. The maximum absolute atomic E-state index is 12.2. The Morgan fingerprint density at radius 1 is 1.12 bits per heavy atom. The van der Waals surface area contributed by atoms with Crippen molar-refractivity contribution < 1.29 is 26.3 Å². The van der Waals surface area contributed by atoms with Crippen molar-refractivity contribution in [3.8, 4) is 5.75 Å². The predicted octanol–water partition coefficient (Wildman–Crippen LogP) is 4.39. The van der Waals surface area contributed by atoms with Gasteiger partial charge in [0.25, 0.3) is 10.0 Å². The van der Waals surface area contributed by atoms with Crippen LogP contribution in [0.15, 0.2) is 47.4 Å². The third-order valence-electron chi connectivity index (χ3n) is 2.91. The summed E-state index contributed by atoms with van der Waals surface area (Å²) in [6, 6.07) is 9.80. The van der Waals surface area contributed by atoms with Crippen molar-refractivity contribution in [1.82, 2.24) is 0 Å². The number of anilines is 1. The third-order valence-corrected chi connectivity index (χ3v) is 4.60. The number of nitrogens with one attached hydrogen (secondary N) is 1. The molecule has 0 aliphatic rings. The molecule has 4 nitrogen and oxygen atoms in total. The van der Waals surface area contributed by atoms with Crippen molar-refractivity contribution in [3.63, 3.8) is 0 Å². The number of rotatable bonds is 5. The molecular formula is C15H13ClF3NO3S. The van der Waals surface area contributed by atoms with Gasteiger partial charge in [-0.15, -0.1) is 0 Å². The van der Waals surface area contributed by atoms with Crippen molar-refractivity contribution in [2.24, 2.45) is 0 Å². The molecule has 0 spiro atoms. The van der Waals surface area contributed by atoms with E-state index >= 15 is 0 Å². The first-order valence-corrected chi connectivity index (χ1v) is 8.51. The van der Waals surface area contributed by atoms with E-state index in [1.165, 1.54) is 30.3 Å². The number of ether oxygens (including phenoxy) is 1. The summed E-state index contributed by atoms with van der Waals surface area (Å²) in [6.45, 7) is 0.338. The van der Waals surface area contributed by atoms with Gasteiger partial charge in [-0.05, 0) is 37.3 Å². The first kappa shape index (κ1) is 18.4. The fourth-order valence-electron chi connectivity index (χ4n) is 1.77. The van der Waals surface area contributed by atoms with Gasteiger partial charge in [0.2, 0.25) is 0 Å². The Labute approximate surface area is 142 Å². The summed E-state index contributed by atoms with van der Waals surface area (Å²) in [4.78, 5) is 0.0571. The second kappa shape index (κ2) is 6.90. The van der Waals surface area contributed by atoms with E-state index in [9.17, 15) is 21.6 Å². The van der Waals surface area contributed by atoms with Gasteiger partial charge in [0.15, 0.2) is 6.61 Å². The summed E-state index contributed by atoms with van der Waals surface area (Å²) in [5.74, 6) is -0.188. The van der Waals surface area contributed by atoms with E-state index in [2.05, 4.69) is 9.46 Å². The largest absolute Gasteiger partial charge is 0.483 e. The Morgan fingerprint density at radius 3 is 2.29 bits per heavy atom. The van der Waals surface area contributed by atoms with E-state index < -0.39 is 22.8 Å². The van der Waals surface area contributed by atoms with Gasteiger partial charge in [-0.1, -0.05) is 29.3 Å². The molecule has 0 aliphatic heterocycles. The third kappa shape index (κ3) is 5.04. The Bertz CT molecular complexity index is 821. The topological polar surface area (TPSA) is 55.4 Å². The minimum atomic E-state index is -4.49. The molecule has 0 aliphatic carbocycles. The molecule has 130 valence electrons. The van der Waals surface area contributed by atoms with E-state index in [1.807, 2.05) is 6.92 Å². The lowest BCUT2D eigenvalue weighted by Crippen LogP contribution is -2.19. The summed E-state index contributed by atoms with van der Waals surface area (Å²) in [6.07, 6.45) is -4.49. The maximum atomic E-state index is 12.2. The molecule has 0 atom stereocenters. The van der Waals surface area contributed by atoms with Crippen LogP contribution in [0.25, 0.3) is 0 Å². The highest BCUT2D eigenvalue weighted by atomic mass is 35.5. The highest BCUT2D eigenvalue weighted by Gasteiger charge is 2.28. The quantitative estimate of drug-likeness (QED) is 0.838. The molecule has 0 saturated carbocycles. The van der Waals surface area contributed by atoms with E-state index in [0.717, 1.165) is 5.56 Å². The van der Waals surface area contributed by atoms with Crippen molar-refractivity contribution in [3.05, 3.63) is 53.1 Å². The number of halogens is 4. The molecule has 0 saturated heterocycles. The number of hydrogen-bond acceptors (Lipinski definition) is 3.